The number of pyridine rings is 1. The third-order valence-corrected chi connectivity index (χ3v) is 5.75. The first-order valence-corrected chi connectivity index (χ1v) is 10.6. The van der Waals surface area contributed by atoms with Crippen LogP contribution in [0.2, 0.25) is 0 Å². The van der Waals surface area contributed by atoms with Gasteiger partial charge in [0.1, 0.15) is 11.6 Å². The van der Waals surface area contributed by atoms with Crippen molar-refractivity contribution in [2.24, 2.45) is 5.73 Å². The molecule has 0 aromatic carbocycles. The molecular formula is C22H25N7O2. The van der Waals surface area contributed by atoms with Crippen LogP contribution in [0.1, 0.15) is 25.7 Å². The van der Waals surface area contributed by atoms with Crippen molar-refractivity contribution in [1.82, 2.24) is 19.6 Å². The second-order valence-corrected chi connectivity index (χ2v) is 7.80. The fourth-order valence-corrected chi connectivity index (χ4v) is 4.08. The van der Waals surface area contributed by atoms with Gasteiger partial charge in [0.15, 0.2) is 5.65 Å². The fourth-order valence-electron chi connectivity index (χ4n) is 4.08. The van der Waals surface area contributed by atoms with Gasteiger partial charge in [0.2, 0.25) is 0 Å². The Morgan fingerprint density at radius 3 is 2.65 bits per heavy atom. The minimum absolute atomic E-state index is 0.171. The van der Waals surface area contributed by atoms with Crippen LogP contribution in [0.4, 0.5) is 11.6 Å². The zero-order valence-corrected chi connectivity index (χ0v) is 17.3. The summed E-state index contributed by atoms with van der Waals surface area (Å²) >= 11 is 0. The molecule has 9 nitrogen and oxygen atoms in total. The Kier molecular flexibility index (Phi) is 5.25. The van der Waals surface area contributed by atoms with E-state index in [0.29, 0.717) is 42.4 Å². The molecular weight excluding hydrogens is 394 g/mol. The third-order valence-electron chi connectivity index (χ3n) is 5.75. The van der Waals surface area contributed by atoms with E-state index in [4.69, 9.17) is 15.6 Å². The van der Waals surface area contributed by atoms with Crippen molar-refractivity contribution < 1.29 is 9.53 Å². The van der Waals surface area contributed by atoms with Crippen LogP contribution in [0.3, 0.4) is 0 Å². The summed E-state index contributed by atoms with van der Waals surface area (Å²) in [5.41, 5.74) is 9.87. The second-order valence-electron chi connectivity index (χ2n) is 7.80. The fraction of sp³-hybridized carbons (Fsp3) is 0.364. The number of carbonyl (C=O) groups is 1. The van der Waals surface area contributed by atoms with Gasteiger partial charge in [-0.2, -0.15) is 9.61 Å². The molecule has 5 rings (SSSR count). The van der Waals surface area contributed by atoms with Crippen LogP contribution in [0.15, 0.2) is 47.9 Å². The lowest BCUT2D eigenvalue weighted by Gasteiger charge is -2.29. The Labute approximate surface area is 179 Å². The van der Waals surface area contributed by atoms with Gasteiger partial charge in [-0.25, -0.2) is 4.98 Å². The van der Waals surface area contributed by atoms with Crippen molar-refractivity contribution >= 4 is 23.2 Å². The number of fused-ring (bicyclic) bond motifs is 1. The molecule has 3 aromatic heterocycles. The maximum absolute atomic E-state index is 12.9. The number of rotatable bonds is 4. The quantitative estimate of drug-likeness (QED) is 0.668. The highest BCUT2D eigenvalue weighted by molar-refractivity contribution is 6.04. The summed E-state index contributed by atoms with van der Waals surface area (Å²) in [6, 6.07) is 7.62. The molecule has 9 heteroatoms. The van der Waals surface area contributed by atoms with E-state index in [1.807, 2.05) is 28.8 Å². The Balaban J connectivity index is 1.54. The standard InChI is InChI=1S/C22H25N7O2/c23-17-4-2-1-3-16(17)22(30)26-19-14-21(28-9-11-31-12-10-28)29-20(25-19)13-18(27-29)15-5-7-24-8-6-15/h5-8,13-14H,1-4,9-12,23H2,(H,25,26,30). The molecule has 0 bridgehead atoms. The number of anilines is 2. The molecule has 1 amide bonds. The topological polar surface area (TPSA) is 111 Å². The van der Waals surface area contributed by atoms with E-state index in [1.165, 1.54) is 0 Å². The average Bonchev–Trinajstić information content (AvgIpc) is 3.24. The van der Waals surface area contributed by atoms with Crippen LogP contribution in [0, 0.1) is 0 Å². The number of ether oxygens (including phenoxy) is 1. The number of aromatic nitrogens is 4. The summed E-state index contributed by atoms with van der Waals surface area (Å²) in [5, 5.41) is 7.75. The summed E-state index contributed by atoms with van der Waals surface area (Å²) < 4.78 is 7.33. The smallest absolute Gasteiger partial charge is 0.254 e. The lowest BCUT2D eigenvalue weighted by atomic mass is 9.96. The normalized spacial score (nSPS) is 17.2. The molecule has 4 heterocycles. The minimum Gasteiger partial charge on any atom is -0.402 e. The first-order chi connectivity index (χ1) is 15.2. The van der Waals surface area contributed by atoms with Gasteiger partial charge < -0.3 is 20.7 Å². The van der Waals surface area contributed by atoms with E-state index in [2.05, 4.69) is 20.2 Å². The van der Waals surface area contributed by atoms with Crippen LogP contribution in [0.25, 0.3) is 16.9 Å². The maximum atomic E-state index is 12.9. The molecule has 0 saturated carbocycles. The van der Waals surface area contributed by atoms with Crippen LogP contribution < -0.4 is 16.0 Å². The number of nitrogens with zero attached hydrogens (tertiary/aromatic N) is 5. The molecule has 0 atom stereocenters. The first kappa shape index (κ1) is 19.5. The number of hydrogen-bond donors (Lipinski definition) is 2. The number of hydrogen-bond acceptors (Lipinski definition) is 7. The van der Waals surface area contributed by atoms with Crippen molar-refractivity contribution in [2.45, 2.75) is 25.7 Å². The molecule has 31 heavy (non-hydrogen) atoms. The highest BCUT2D eigenvalue weighted by atomic mass is 16.5. The van der Waals surface area contributed by atoms with Crippen molar-refractivity contribution in [1.29, 1.82) is 0 Å². The molecule has 1 aliphatic carbocycles. The highest BCUT2D eigenvalue weighted by Gasteiger charge is 2.21. The Morgan fingerprint density at radius 1 is 1.10 bits per heavy atom. The summed E-state index contributed by atoms with van der Waals surface area (Å²) in [6.07, 6.45) is 6.96. The summed E-state index contributed by atoms with van der Waals surface area (Å²) in [5.74, 6) is 1.19. The predicted molar refractivity (Wildman–Crippen MR) is 118 cm³/mol. The number of nitrogens with one attached hydrogen (secondary N) is 1. The van der Waals surface area contributed by atoms with E-state index in [9.17, 15) is 4.79 Å². The highest BCUT2D eigenvalue weighted by Crippen LogP contribution is 2.27. The Bertz CT molecular complexity index is 1130. The van der Waals surface area contributed by atoms with Crippen LogP contribution >= 0.6 is 0 Å². The van der Waals surface area contributed by atoms with E-state index in [0.717, 1.165) is 49.4 Å². The van der Waals surface area contributed by atoms with Crippen molar-refractivity contribution in [2.75, 3.05) is 36.5 Å². The van der Waals surface area contributed by atoms with Gasteiger partial charge >= 0.3 is 0 Å². The van der Waals surface area contributed by atoms with Crippen molar-refractivity contribution in [3.8, 4) is 11.3 Å². The lowest BCUT2D eigenvalue weighted by molar-refractivity contribution is -0.113. The number of carbonyl (C=O) groups excluding carboxylic acids is 1. The number of morpholine rings is 1. The summed E-state index contributed by atoms with van der Waals surface area (Å²) in [4.78, 5) is 23.8. The molecule has 3 aromatic rings. The zero-order valence-electron chi connectivity index (χ0n) is 17.3. The Hall–Kier alpha value is -3.46. The minimum atomic E-state index is -0.171. The SMILES string of the molecule is NC1=C(C(=O)Nc2cc(N3CCOCC3)n3nc(-c4ccncc4)cc3n2)CCCC1. The van der Waals surface area contributed by atoms with Gasteiger partial charge in [0.25, 0.3) is 5.91 Å². The molecule has 0 spiro atoms. The molecule has 1 saturated heterocycles. The monoisotopic (exact) mass is 419 g/mol. The summed E-state index contributed by atoms with van der Waals surface area (Å²) in [6.45, 7) is 2.78. The number of amides is 1. The zero-order chi connectivity index (χ0) is 21.2. The second kappa shape index (κ2) is 8.35. The van der Waals surface area contributed by atoms with Gasteiger partial charge in [-0.1, -0.05) is 0 Å². The average molecular weight is 419 g/mol. The predicted octanol–water partition coefficient (Wildman–Crippen LogP) is 2.35. The van der Waals surface area contributed by atoms with Crippen LogP contribution in [0.5, 0.6) is 0 Å². The molecule has 2 aliphatic rings. The van der Waals surface area contributed by atoms with Gasteiger partial charge in [-0.15, -0.1) is 0 Å². The maximum Gasteiger partial charge on any atom is 0.254 e. The molecule has 160 valence electrons. The Morgan fingerprint density at radius 2 is 1.87 bits per heavy atom. The number of nitrogens with two attached hydrogens (primary N) is 1. The molecule has 0 radical (unpaired) electrons. The van der Waals surface area contributed by atoms with E-state index >= 15 is 0 Å². The molecule has 3 N–H and O–H groups in total. The number of allylic oxidation sites excluding steroid dienone is 1. The molecule has 0 unspecified atom stereocenters. The van der Waals surface area contributed by atoms with Crippen molar-refractivity contribution in [3.63, 3.8) is 0 Å². The van der Waals surface area contributed by atoms with E-state index < -0.39 is 0 Å². The lowest BCUT2D eigenvalue weighted by Crippen LogP contribution is -2.37. The summed E-state index contributed by atoms with van der Waals surface area (Å²) in [7, 11) is 0. The van der Waals surface area contributed by atoms with Gasteiger partial charge in [0.05, 0.1) is 18.9 Å². The molecule has 1 aliphatic heterocycles. The van der Waals surface area contributed by atoms with E-state index in [-0.39, 0.29) is 5.91 Å². The van der Waals surface area contributed by atoms with Gasteiger partial charge in [0, 0.05) is 54.4 Å². The van der Waals surface area contributed by atoms with E-state index in [1.54, 1.807) is 12.4 Å². The van der Waals surface area contributed by atoms with Crippen LogP contribution in [-0.4, -0.2) is 51.8 Å². The van der Waals surface area contributed by atoms with Gasteiger partial charge in [-0.3, -0.25) is 9.78 Å². The third kappa shape index (κ3) is 3.96. The van der Waals surface area contributed by atoms with Crippen LogP contribution in [-0.2, 0) is 9.53 Å². The van der Waals surface area contributed by atoms with Gasteiger partial charge in [-0.05, 0) is 37.8 Å². The first-order valence-electron chi connectivity index (χ1n) is 10.6. The largest absolute Gasteiger partial charge is 0.402 e. The van der Waals surface area contributed by atoms with Crippen molar-refractivity contribution in [3.05, 3.63) is 47.9 Å². The molecule has 1 fully saturated rings.